The van der Waals surface area contributed by atoms with Crippen LogP contribution in [-0.2, 0) is 4.79 Å². The molecule has 3 heteroatoms. The molecule has 0 aromatic carbocycles. The average Bonchev–Trinajstić information content (AvgIpc) is 2.16. The maximum absolute atomic E-state index is 11.2. The van der Waals surface area contributed by atoms with E-state index in [4.69, 9.17) is 0 Å². The summed E-state index contributed by atoms with van der Waals surface area (Å²) in [4.78, 5) is 11.2. The normalized spacial score (nSPS) is 29.9. The van der Waals surface area contributed by atoms with Gasteiger partial charge in [-0.3, -0.25) is 4.79 Å². The molecule has 0 spiro atoms. The maximum Gasteiger partial charge on any atom is 0.146 e. The van der Waals surface area contributed by atoms with E-state index in [9.17, 15) is 9.90 Å². The summed E-state index contributed by atoms with van der Waals surface area (Å²) >= 11 is 0. The van der Waals surface area contributed by atoms with Crippen LogP contribution in [0.2, 0.25) is 0 Å². The fourth-order valence-electron chi connectivity index (χ4n) is 2.20. The minimum absolute atomic E-state index is 0.00948. The quantitative estimate of drug-likeness (QED) is 0.713. The van der Waals surface area contributed by atoms with E-state index in [-0.39, 0.29) is 17.9 Å². The second-order valence-electron chi connectivity index (χ2n) is 4.36. The first kappa shape index (κ1) is 11.7. The number of Topliss-reactive ketones (excluding diaryl/α,β-unsaturated/α-hetero) is 1. The Kier molecular flexibility index (Phi) is 4.55. The molecule has 82 valence electrons. The number of rotatable bonds is 4. The Morgan fingerprint density at radius 2 is 2.00 bits per heavy atom. The molecule has 1 saturated carbocycles. The highest BCUT2D eigenvalue weighted by Gasteiger charge is 2.23. The molecule has 14 heavy (non-hydrogen) atoms. The van der Waals surface area contributed by atoms with Crippen molar-refractivity contribution < 1.29 is 9.90 Å². The Balaban J connectivity index is 2.32. The molecule has 0 amide bonds. The lowest BCUT2D eigenvalue weighted by Crippen LogP contribution is -2.35. The summed E-state index contributed by atoms with van der Waals surface area (Å²) in [7, 11) is 1.84. The van der Waals surface area contributed by atoms with Crippen LogP contribution >= 0.6 is 0 Å². The Hall–Kier alpha value is -0.410. The third kappa shape index (κ3) is 3.39. The highest BCUT2D eigenvalue weighted by Crippen LogP contribution is 2.27. The van der Waals surface area contributed by atoms with Crippen molar-refractivity contribution in [3.8, 4) is 0 Å². The smallest absolute Gasteiger partial charge is 0.146 e. The molecule has 0 aromatic rings. The van der Waals surface area contributed by atoms with Crippen LogP contribution in [0.4, 0.5) is 0 Å². The van der Waals surface area contributed by atoms with Crippen LogP contribution in [0.15, 0.2) is 0 Å². The molecule has 1 aliphatic rings. The van der Waals surface area contributed by atoms with Crippen molar-refractivity contribution in [2.45, 2.75) is 51.2 Å². The molecule has 1 rings (SSSR count). The highest BCUT2D eigenvalue weighted by atomic mass is 16.3. The molecule has 0 radical (unpaired) electrons. The lowest BCUT2D eigenvalue weighted by molar-refractivity contribution is -0.119. The SMILES string of the molecule is CNC(CC1CCC(O)CC1)C(C)=O. The van der Waals surface area contributed by atoms with E-state index < -0.39 is 0 Å². The van der Waals surface area contributed by atoms with Gasteiger partial charge in [-0.05, 0) is 52.0 Å². The predicted molar refractivity (Wildman–Crippen MR) is 56.1 cm³/mol. The van der Waals surface area contributed by atoms with Crippen LogP contribution in [0.5, 0.6) is 0 Å². The first-order valence-electron chi connectivity index (χ1n) is 5.49. The van der Waals surface area contributed by atoms with Crippen molar-refractivity contribution in [3.05, 3.63) is 0 Å². The number of aliphatic hydroxyl groups excluding tert-OH is 1. The van der Waals surface area contributed by atoms with Gasteiger partial charge in [-0.15, -0.1) is 0 Å². The summed E-state index contributed by atoms with van der Waals surface area (Å²) in [5.74, 6) is 0.832. The van der Waals surface area contributed by atoms with Gasteiger partial charge in [0.05, 0.1) is 12.1 Å². The number of aliphatic hydroxyl groups is 1. The summed E-state index contributed by atoms with van der Waals surface area (Å²) < 4.78 is 0. The molecule has 1 fully saturated rings. The van der Waals surface area contributed by atoms with Gasteiger partial charge in [-0.25, -0.2) is 0 Å². The van der Waals surface area contributed by atoms with Crippen LogP contribution in [0, 0.1) is 5.92 Å². The highest BCUT2D eigenvalue weighted by molar-refractivity contribution is 5.81. The minimum Gasteiger partial charge on any atom is -0.393 e. The van der Waals surface area contributed by atoms with Gasteiger partial charge in [0.15, 0.2) is 0 Å². The number of carbonyl (C=O) groups excluding carboxylic acids is 1. The van der Waals surface area contributed by atoms with Crippen LogP contribution in [0.25, 0.3) is 0 Å². The van der Waals surface area contributed by atoms with Gasteiger partial charge in [-0.2, -0.15) is 0 Å². The minimum atomic E-state index is -0.100. The first-order valence-corrected chi connectivity index (χ1v) is 5.49. The van der Waals surface area contributed by atoms with E-state index in [1.165, 1.54) is 0 Å². The van der Waals surface area contributed by atoms with Crippen LogP contribution in [0.1, 0.15) is 39.0 Å². The van der Waals surface area contributed by atoms with Crippen LogP contribution < -0.4 is 5.32 Å². The molecule has 0 aromatic heterocycles. The van der Waals surface area contributed by atoms with E-state index in [0.717, 1.165) is 32.1 Å². The van der Waals surface area contributed by atoms with Crippen molar-refractivity contribution in [3.63, 3.8) is 0 Å². The summed E-state index contributed by atoms with van der Waals surface area (Å²) in [6.07, 6.45) is 4.76. The largest absolute Gasteiger partial charge is 0.393 e. The number of nitrogens with one attached hydrogen (secondary N) is 1. The number of hydrogen-bond acceptors (Lipinski definition) is 3. The second-order valence-corrected chi connectivity index (χ2v) is 4.36. The van der Waals surface area contributed by atoms with Gasteiger partial charge in [0, 0.05) is 0 Å². The molecule has 2 N–H and O–H groups in total. The number of carbonyl (C=O) groups is 1. The maximum atomic E-state index is 11.2. The molecule has 1 aliphatic carbocycles. The molecule has 3 nitrogen and oxygen atoms in total. The fraction of sp³-hybridized carbons (Fsp3) is 0.909. The molecule has 0 saturated heterocycles. The summed E-state index contributed by atoms with van der Waals surface area (Å²) in [5, 5.41) is 12.4. The summed E-state index contributed by atoms with van der Waals surface area (Å²) in [6, 6.07) is 0.00948. The monoisotopic (exact) mass is 199 g/mol. The summed E-state index contributed by atoms with van der Waals surface area (Å²) in [6.45, 7) is 1.64. The number of hydrogen-bond donors (Lipinski definition) is 2. The van der Waals surface area contributed by atoms with Gasteiger partial charge in [0.1, 0.15) is 5.78 Å². The number of likely N-dealkylation sites (N-methyl/N-ethyl adjacent to an activating group) is 1. The zero-order chi connectivity index (χ0) is 10.6. The van der Waals surface area contributed by atoms with Gasteiger partial charge >= 0.3 is 0 Å². The van der Waals surface area contributed by atoms with Crippen molar-refractivity contribution in [2.75, 3.05) is 7.05 Å². The van der Waals surface area contributed by atoms with Gasteiger partial charge in [0.2, 0.25) is 0 Å². The van der Waals surface area contributed by atoms with Crippen molar-refractivity contribution in [2.24, 2.45) is 5.92 Å². The predicted octanol–water partition coefficient (Wildman–Crippen LogP) is 1.10. The van der Waals surface area contributed by atoms with E-state index in [1.54, 1.807) is 6.92 Å². The second kappa shape index (κ2) is 5.47. The Morgan fingerprint density at radius 3 is 2.43 bits per heavy atom. The topological polar surface area (TPSA) is 49.3 Å². The zero-order valence-electron chi connectivity index (χ0n) is 9.12. The van der Waals surface area contributed by atoms with Gasteiger partial charge in [0.25, 0.3) is 0 Å². The lowest BCUT2D eigenvalue weighted by atomic mass is 9.83. The fourth-order valence-corrected chi connectivity index (χ4v) is 2.20. The van der Waals surface area contributed by atoms with E-state index >= 15 is 0 Å². The first-order chi connectivity index (χ1) is 6.63. The van der Waals surface area contributed by atoms with Crippen molar-refractivity contribution >= 4 is 5.78 Å². The van der Waals surface area contributed by atoms with Crippen LogP contribution in [0.3, 0.4) is 0 Å². The van der Waals surface area contributed by atoms with Crippen molar-refractivity contribution in [1.29, 1.82) is 0 Å². The zero-order valence-corrected chi connectivity index (χ0v) is 9.12. The van der Waals surface area contributed by atoms with Crippen LogP contribution in [-0.4, -0.2) is 30.1 Å². The Labute approximate surface area is 85.9 Å². The molecule has 1 atom stereocenters. The third-order valence-electron chi connectivity index (χ3n) is 3.22. The molecule has 0 bridgehead atoms. The Morgan fingerprint density at radius 1 is 1.43 bits per heavy atom. The Bertz CT molecular complexity index is 186. The number of ketones is 1. The average molecular weight is 199 g/mol. The van der Waals surface area contributed by atoms with E-state index in [2.05, 4.69) is 5.32 Å². The van der Waals surface area contributed by atoms with Gasteiger partial charge < -0.3 is 10.4 Å². The molecule has 1 unspecified atom stereocenters. The molecular formula is C11H21NO2. The lowest BCUT2D eigenvalue weighted by Gasteiger charge is -2.27. The van der Waals surface area contributed by atoms with Crippen molar-refractivity contribution in [1.82, 2.24) is 5.32 Å². The van der Waals surface area contributed by atoms with Gasteiger partial charge in [-0.1, -0.05) is 0 Å². The summed E-state index contributed by atoms with van der Waals surface area (Å²) in [5.41, 5.74) is 0. The van der Waals surface area contributed by atoms with E-state index in [1.807, 2.05) is 7.05 Å². The van der Waals surface area contributed by atoms with E-state index in [0.29, 0.717) is 5.92 Å². The third-order valence-corrected chi connectivity index (χ3v) is 3.22. The molecule has 0 heterocycles. The standard InChI is InChI=1S/C11H21NO2/c1-8(13)11(12-2)7-9-3-5-10(14)6-4-9/h9-12,14H,3-7H2,1-2H3. The molecular weight excluding hydrogens is 178 g/mol. The molecule has 0 aliphatic heterocycles.